The molecule has 0 aliphatic carbocycles. The molecule has 1 N–H and O–H groups in total. The fraction of sp³-hybridized carbons (Fsp3) is 0.0667. The second-order valence-electron chi connectivity index (χ2n) is 4.38. The molecule has 1 atom stereocenters. The number of hydrogen-bond donors (Lipinski definition) is 1. The van der Waals surface area contributed by atoms with Crippen molar-refractivity contribution in [3.05, 3.63) is 65.4 Å². The summed E-state index contributed by atoms with van der Waals surface area (Å²) in [5.41, 5.74) is 1.89. The van der Waals surface area contributed by atoms with Crippen LogP contribution in [0.3, 0.4) is 0 Å². The van der Waals surface area contributed by atoms with Crippen molar-refractivity contribution in [3.63, 3.8) is 0 Å². The maximum Gasteiger partial charge on any atom is 0.107 e. The largest absolute Gasteiger partial charge is 0.384 e. The lowest BCUT2D eigenvalue weighted by Crippen LogP contribution is -2.01. The topological polar surface area (TPSA) is 20.2 Å². The highest BCUT2D eigenvalue weighted by atomic mass is 127. The minimum Gasteiger partial charge on any atom is -0.384 e. The Hall–Kier alpha value is 0.0500. The van der Waals surface area contributed by atoms with E-state index >= 15 is 0 Å². The standard InChI is InChI=1S/C15H9Br2IOS/c16-8-4-5-13(18)10(6-8)14(19)11-7-20-15-9(11)2-1-3-12(15)17/h1-7,14,19H. The molecule has 1 heterocycles. The van der Waals surface area contributed by atoms with Crippen LogP contribution >= 0.6 is 65.8 Å². The molecule has 102 valence electrons. The van der Waals surface area contributed by atoms with Gasteiger partial charge in [0.1, 0.15) is 6.10 Å². The molecule has 20 heavy (non-hydrogen) atoms. The molecule has 0 aliphatic heterocycles. The van der Waals surface area contributed by atoms with Gasteiger partial charge >= 0.3 is 0 Å². The van der Waals surface area contributed by atoms with Gasteiger partial charge in [-0.3, -0.25) is 0 Å². The van der Waals surface area contributed by atoms with Gasteiger partial charge in [0, 0.05) is 22.8 Å². The summed E-state index contributed by atoms with van der Waals surface area (Å²) in [6.45, 7) is 0. The second kappa shape index (κ2) is 6.04. The van der Waals surface area contributed by atoms with Crippen molar-refractivity contribution in [2.75, 3.05) is 0 Å². The van der Waals surface area contributed by atoms with Crippen molar-refractivity contribution in [1.29, 1.82) is 0 Å². The summed E-state index contributed by atoms with van der Waals surface area (Å²) in [6, 6.07) is 12.1. The van der Waals surface area contributed by atoms with Crippen LogP contribution in [-0.2, 0) is 0 Å². The zero-order valence-electron chi connectivity index (χ0n) is 10.1. The molecule has 1 unspecified atom stereocenters. The van der Waals surface area contributed by atoms with Crippen LogP contribution in [0, 0.1) is 3.57 Å². The van der Waals surface area contributed by atoms with Crippen LogP contribution < -0.4 is 0 Å². The van der Waals surface area contributed by atoms with Crippen molar-refractivity contribution in [1.82, 2.24) is 0 Å². The molecule has 2 aromatic carbocycles. The maximum atomic E-state index is 10.7. The summed E-state index contributed by atoms with van der Waals surface area (Å²) >= 11 is 10.9. The highest BCUT2D eigenvalue weighted by molar-refractivity contribution is 14.1. The Kier molecular flexibility index (Phi) is 4.52. The average molecular weight is 524 g/mol. The Morgan fingerprint density at radius 3 is 2.70 bits per heavy atom. The van der Waals surface area contributed by atoms with Gasteiger partial charge in [-0.05, 0) is 79.1 Å². The third kappa shape index (κ3) is 2.70. The van der Waals surface area contributed by atoms with Crippen LogP contribution in [0.4, 0.5) is 0 Å². The third-order valence-corrected chi connectivity index (χ3v) is 6.58. The summed E-state index contributed by atoms with van der Waals surface area (Å²) in [5, 5.41) is 13.9. The van der Waals surface area contributed by atoms with E-state index in [1.54, 1.807) is 11.3 Å². The quantitative estimate of drug-likeness (QED) is 0.402. The summed E-state index contributed by atoms with van der Waals surface area (Å²) in [7, 11) is 0. The van der Waals surface area contributed by atoms with E-state index in [2.05, 4.69) is 60.5 Å². The van der Waals surface area contributed by atoms with Gasteiger partial charge in [-0.2, -0.15) is 0 Å². The summed E-state index contributed by atoms with van der Waals surface area (Å²) in [6.07, 6.45) is -0.609. The van der Waals surface area contributed by atoms with Gasteiger partial charge in [-0.25, -0.2) is 0 Å². The Labute approximate surface area is 151 Å². The minimum absolute atomic E-state index is 0.609. The average Bonchev–Trinajstić information content (AvgIpc) is 2.86. The zero-order chi connectivity index (χ0) is 14.3. The predicted molar refractivity (Wildman–Crippen MR) is 100 cm³/mol. The number of aliphatic hydroxyl groups excluding tert-OH is 1. The summed E-state index contributed by atoms with van der Waals surface area (Å²) in [5.74, 6) is 0. The zero-order valence-corrected chi connectivity index (χ0v) is 16.3. The van der Waals surface area contributed by atoms with Gasteiger partial charge in [0.05, 0.1) is 0 Å². The van der Waals surface area contributed by atoms with Gasteiger partial charge in [0.15, 0.2) is 0 Å². The van der Waals surface area contributed by atoms with E-state index in [1.165, 1.54) is 4.70 Å². The molecule has 0 saturated carbocycles. The first kappa shape index (κ1) is 15.0. The molecule has 0 saturated heterocycles. The van der Waals surface area contributed by atoms with E-state index < -0.39 is 6.10 Å². The molecule has 3 aromatic rings. The number of benzene rings is 2. The molecular formula is C15H9Br2IOS. The molecule has 5 heteroatoms. The van der Waals surface area contributed by atoms with E-state index in [0.717, 1.165) is 29.0 Å². The number of hydrogen-bond acceptors (Lipinski definition) is 2. The first-order chi connectivity index (χ1) is 9.58. The third-order valence-electron chi connectivity index (χ3n) is 3.13. The van der Waals surface area contributed by atoms with Gasteiger partial charge < -0.3 is 5.11 Å². The lowest BCUT2D eigenvalue weighted by atomic mass is 10.0. The Morgan fingerprint density at radius 2 is 1.90 bits per heavy atom. The smallest absolute Gasteiger partial charge is 0.107 e. The Morgan fingerprint density at radius 1 is 1.10 bits per heavy atom. The van der Waals surface area contributed by atoms with E-state index in [0.29, 0.717) is 0 Å². The van der Waals surface area contributed by atoms with Crippen molar-refractivity contribution in [3.8, 4) is 0 Å². The normalized spacial score (nSPS) is 12.8. The molecule has 0 bridgehead atoms. The predicted octanol–water partition coefficient (Wildman–Crippen LogP) is 6.11. The van der Waals surface area contributed by atoms with Crippen LogP contribution in [0.2, 0.25) is 0 Å². The first-order valence-electron chi connectivity index (χ1n) is 5.86. The summed E-state index contributed by atoms with van der Waals surface area (Å²) < 4.78 is 4.29. The van der Waals surface area contributed by atoms with Crippen LogP contribution in [-0.4, -0.2) is 5.11 Å². The molecule has 3 rings (SSSR count). The van der Waals surface area contributed by atoms with E-state index in [1.807, 2.05) is 35.7 Å². The van der Waals surface area contributed by atoms with E-state index in [4.69, 9.17) is 0 Å². The van der Waals surface area contributed by atoms with Crippen LogP contribution in [0.25, 0.3) is 10.1 Å². The van der Waals surface area contributed by atoms with Crippen molar-refractivity contribution in [2.45, 2.75) is 6.10 Å². The molecule has 1 nitrogen and oxygen atoms in total. The van der Waals surface area contributed by atoms with Gasteiger partial charge in [-0.1, -0.05) is 28.1 Å². The maximum absolute atomic E-state index is 10.7. The molecule has 0 fully saturated rings. The number of halogens is 3. The van der Waals surface area contributed by atoms with E-state index in [9.17, 15) is 5.11 Å². The van der Waals surface area contributed by atoms with E-state index in [-0.39, 0.29) is 0 Å². The minimum atomic E-state index is -0.609. The van der Waals surface area contributed by atoms with Crippen molar-refractivity contribution in [2.24, 2.45) is 0 Å². The van der Waals surface area contributed by atoms with Crippen molar-refractivity contribution >= 4 is 75.9 Å². The number of rotatable bonds is 2. The molecule has 1 aromatic heterocycles. The Bertz CT molecular complexity index is 785. The Balaban J connectivity index is 2.15. The highest BCUT2D eigenvalue weighted by Crippen LogP contribution is 2.38. The molecule has 0 radical (unpaired) electrons. The lowest BCUT2D eigenvalue weighted by molar-refractivity contribution is 0.221. The fourth-order valence-electron chi connectivity index (χ4n) is 2.15. The molecule has 0 spiro atoms. The fourth-order valence-corrected chi connectivity index (χ4v) is 4.80. The summed E-state index contributed by atoms with van der Waals surface area (Å²) in [4.78, 5) is 0. The highest BCUT2D eigenvalue weighted by Gasteiger charge is 2.18. The molecule has 0 amide bonds. The van der Waals surface area contributed by atoms with Gasteiger partial charge in [-0.15, -0.1) is 11.3 Å². The van der Waals surface area contributed by atoms with Gasteiger partial charge in [0.25, 0.3) is 0 Å². The van der Waals surface area contributed by atoms with Gasteiger partial charge in [0.2, 0.25) is 0 Å². The van der Waals surface area contributed by atoms with Crippen molar-refractivity contribution < 1.29 is 5.11 Å². The number of fused-ring (bicyclic) bond motifs is 1. The lowest BCUT2D eigenvalue weighted by Gasteiger charge is -2.13. The first-order valence-corrected chi connectivity index (χ1v) is 9.41. The number of aliphatic hydroxyl groups is 1. The molecule has 0 aliphatic rings. The SMILES string of the molecule is OC(c1cc(Br)ccc1I)c1csc2c(Br)cccc12. The second-order valence-corrected chi connectivity index (χ2v) is 8.19. The van der Waals surface area contributed by atoms with Crippen LogP contribution in [0.1, 0.15) is 17.2 Å². The van der Waals surface area contributed by atoms with Crippen LogP contribution in [0.15, 0.2) is 50.7 Å². The monoisotopic (exact) mass is 522 g/mol. The van der Waals surface area contributed by atoms with Crippen LogP contribution in [0.5, 0.6) is 0 Å². The molecular weight excluding hydrogens is 515 g/mol. The number of thiophene rings is 1.